The number of nitrogens with one attached hydrogen (secondary N) is 1. The average molecular weight is 271 g/mol. The molecular weight excluding hydrogens is 254 g/mol. The highest BCUT2D eigenvalue weighted by atomic mass is 16.5. The fourth-order valence-corrected chi connectivity index (χ4v) is 1.75. The molecule has 2 aromatic rings. The van der Waals surface area contributed by atoms with Crippen molar-refractivity contribution < 1.29 is 9.53 Å². The number of ether oxygens (including phenoxy) is 1. The topological polar surface area (TPSA) is 77.2 Å². The predicted molar refractivity (Wildman–Crippen MR) is 77.4 cm³/mol. The number of carbonyl (C=O) groups is 1. The van der Waals surface area contributed by atoms with Crippen molar-refractivity contribution in [3.8, 4) is 5.75 Å². The van der Waals surface area contributed by atoms with E-state index in [4.69, 9.17) is 10.5 Å². The van der Waals surface area contributed by atoms with Crippen molar-refractivity contribution in [3.63, 3.8) is 0 Å². The number of nitrogens with zero attached hydrogens (tertiary/aromatic N) is 1. The van der Waals surface area contributed by atoms with Crippen molar-refractivity contribution in [2.75, 3.05) is 12.3 Å². The van der Waals surface area contributed by atoms with Gasteiger partial charge >= 0.3 is 0 Å². The van der Waals surface area contributed by atoms with Crippen molar-refractivity contribution in [3.05, 3.63) is 53.9 Å². The monoisotopic (exact) mass is 271 g/mol. The minimum absolute atomic E-state index is 0.189. The molecular formula is C15H17N3O2. The molecule has 0 saturated carbocycles. The summed E-state index contributed by atoms with van der Waals surface area (Å²) in [6.07, 6.45) is 1.69. The second kappa shape index (κ2) is 6.56. The first-order valence-corrected chi connectivity index (χ1v) is 6.41. The fourth-order valence-electron chi connectivity index (χ4n) is 1.75. The zero-order valence-corrected chi connectivity index (χ0v) is 11.3. The molecule has 5 nitrogen and oxygen atoms in total. The highest BCUT2D eigenvalue weighted by Crippen LogP contribution is 2.22. The lowest BCUT2D eigenvalue weighted by Crippen LogP contribution is -2.23. The lowest BCUT2D eigenvalue weighted by molar-refractivity contribution is 0.0950. The Balaban J connectivity index is 2.00. The number of nitrogen functional groups attached to an aromatic ring is 1. The smallest absolute Gasteiger partial charge is 0.251 e. The Morgan fingerprint density at radius 2 is 2.20 bits per heavy atom. The summed E-state index contributed by atoms with van der Waals surface area (Å²) in [4.78, 5) is 16.1. The Labute approximate surface area is 117 Å². The third-order valence-corrected chi connectivity index (χ3v) is 2.73. The van der Waals surface area contributed by atoms with Crippen LogP contribution in [0, 0.1) is 0 Å². The number of hydrogen-bond acceptors (Lipinski definition) is 4. The molecule has 2 rings (SSSR count). The first-order valence-electron chi connectivity index (χ1n) is 6.41. The second-order valence-corrected chi connectivity index (χ2v) is 4.19. The number of benzene rings is 1. The maximum Gasteiger partial charge on any atom is 0.251 e. The molecule has 3 N–H and O–H groups in total. The third-order valence-electron chi connectivity index (χ3n) is 2.73. The van der Waals surface area contributed by atoms with Crippen LogP contribution in [0.2, 0.25) is 0 Å². The predicted octanol–water partition coefficient (Wildman–Crippen LogP) is 1.99. The molecule has 5 heteroatoms. The highest BCUT2D eigenvalue weighted by Gasteiger charge is 2.08. The quantitative estimate of drug-likeness (QED) is 0.815. The van der Waals surface area contributed by atoms with Gasteiger partial charge in [0, 0.05) is 11.8 Å². The van der Waals surface area contributed by atoms with Crippen LogP contribution in [0.1, 0.15) is 23.0 Å². The molecule has 0 saturated heterocycles. The van der Waals surface area contributed by atoms with E-state index in [1.807, 2.05) is 25.1 Å². The Hall–Kier alpha value is -2.56. The highest BCUT2D eigenvalue weighted by molar-refractivity contribution is 5.95. The molecule has 0 unspecified atom stereocenters. The number of carbonyl (C=O) groups excluding carboxylic acids is 1. The van der Waals surface area contributed by atoms with Gasteiger partial charge in [-0.2, -0.15) is 0 Å². The van der Waals surface area contributed by atoms with E-state index in [1.54, 1.807) is 24.4 Å². The van der Waals surface area contributed by atoms with Crippen LogP contribution in [0.5, 0.6) is 5.75 Å². The van der Waals surface area contributed by atoms with Gasteiger partial charge in [-0.25, -0.2) is 0 Å². The van der Waals surface area contributed by atoms with Crippen LogP contribution in [-0.4, -0.2) is 17.5 Å². The molecule has 0 aliphatic heterocycles. The van der Waals surface area contributed by atoms with Crippen LogP contribution < -0.4 is 15.8 Å². The molecule has 1 aromatic carbocycles. The van der Waals surface area contributed by atoms with Gasteiger partial charge in [0.05, 0.1) is 24.5 Å². The number of rotatable bonds is 5. The average Bonchev–Trinajstić information content (AvgIpc) is 2.48. The van der Waals surface area contributed by atoms with Gasteiger partial charge in [-0.3, -0.25) is 9.78 Å². The summed E-state index contributed by atoms with van der Waals surface area (Å²) in [5, 5.41) is 2.80. The maximum atomic E-state index is 12.0. The molecule has 0 atom stereocenters. The van der Waals surface area contributed by atoms with E-state index in [1.165, 1.54) is 0 Å². The molecule has 1 heterocycles. The number of aromatic nitrogens is 1. The molecule has 20 heavy (non-hydrogen) atoms. The third kappa shape index (κ3) is 3.47. The van der Waals surface area contributed by atoms with E-state index in [0.717, 1.165) is 5.69 Å². The Morgan fingerprint density at radius 1 is 1.35 bits per heavy atom. The Bertz CT molecular complexity index is 585. The molecule has 104 valence electrons. The number of amides is 1. The van der Waals surface area contributed by atoms with Crippen LogP contribution in [0.15, 0.2) is 42.6 Å². The lowest BCUT2D eigenvalue weighted by atomic mass is 10.1. The molecule has 0 bridgehead atoms. The van der Waals surface area contributed by atoms with Crippen molar-refractivity contribution in [1.82, 2.24) is 10.3 Å². The van der Waals surface area contributed by atoms with E-state index in [-0.39, 0.29) is 5.91 Å². The van der Waals surface area contributed by atoms with E-state index in [0.29, 0.717) is 30.2 Å². The minimum Gasteiger partial charge on any atom is -0.492 e. The molecule has 0 radical (unpaired) electrons. The summed E-state index contributed by atoms with van der Waals surface area (Å²) >= 11 is 0. The zero-order chi connectivity index (χ0) is 14.4. The number of pyridine rings is 1. The first kappa shape index (κ1) is 13.9. The minimum atomic E-state index is -0.189. The standard InChI is InChI=1S/C15H17N3O2/c1-2-20-14-7-6-11(9-13(14)16)15(19)18-10-12-5-3-4-8-17-12/h3-9H,2,10,16H2,1H3,(H,18,19). The van der Waals surface area contributed by atoms with E-state index in [2.05, 4.69) is 10.3 Å². The van der Waals surface area contributed by atoms with Crippen molar-refractivity contribution >= 4 is 11.6 Å². The SMILES string of the molecule is CCOc1ccc(C(=O)NCc2ccccn2)cc1N. The molecule has 1 amide bonds. The van der Waals surface area contributed by atoms with Crippen LogP contribution in [0.3, 0.4) is 0 Å². The summed E-state index contributed by atoms with van der Waals surface area (Å²) in [7, 11) is 0. The fraction of sp³-hybridized carbons (Fsp3) is 0.200. The normalized spacial score (nSPS) is 10.1. The van der Waals surface area contributed by atoms with Crippen LogP contribution in [0.25, 0.3) is 0 Å². The van der Waals surface area contributed by atoms with Gasteiger partial charge in [0.25, 0.3) is 5.91 Å². The van der Waals surface area contributed by atoms with Gasteiger partial charge in [0.15, 0.2) is 0 Å². The van der Waals surface area contributed by atoms with Crippen LogP contribution in [-0.2, 0) is 6.54 Å². The van der Waals surface area contributed by atoms with Gasteiger partial charge in [-0.05, 0) is 37.3 Å². The van der Waals surface area contributed by atoms with Gasteiger partial charge in [0.1, 0.15) is 5.75 Å². The molecule has 0 spiro atoms. The number of hydrogen-bond donors (Lipinski definition) is 2. The van der Waals surface area contributed by atoms with Crippen LogP contribution >= 0.6 is 0 Å². The van der Waals surface area contributed by atoms with E-state index >= 15 is 0 Å². The number of anilines is 1. The summed E-state index contributed by atoms with van der Waals surface area (Å²) < 4.78 is 5.33. The maximum absolute atomic E-state index is 12.0. The van der Waals surface area contributed by atoms with Gasteiger partial charge in [0.2, 0.25) is 0 Å². The summed E-state index contributed by atoms with van der Waals surface area (Å²) in [5.74, 6) is 0.402. The number of nitrogens with two attached hydrogens (primary N) is 1. The Kier molecular flexibility index (Phi) is 4.55. The van der Waals surface area contributed by atoms with Gasteiger partial charge < -0.3 is 15.8 Å². The van der Waals surface area contributed by atoms with Crippen molar-refractivity contribution in [2.45, 2.75) is 13.5 Å². The Morgan fingerprint density at radius 3 is 2.85 bits per heavy atom. The van der Waals surface area contributed by atoms with Crippen molar-refractivity contribution in [2.24, 2.45) is 0 Å². The van der Waals surface area contributed by atoms with Crippen molar-refractivity contribution in [1.29, 1.82) is 0 Å². The van der Waals surface area contributed by atoms with Gasteiger partial charge in [-0.1, -0.05) is 6.07 Å². The molecule has 1 aromatic heterocycles. The van der Waals surface area contributed by atoms with E-state index in [9.17, 15) is 4.79 Å². The summed E-state index contributed by atoms with van der Waals surface area (Å²) in [6, 6.07) is 10.6. The van der Waals surface area contributed by atoms with Gasteiger partial charge in [-0.15, -0.1) is 0 Å². The molecule has 0 aliphatic rings. The largest absolute Gasteiger partial charge is 0.492 e. The summed E-state index contributed by atoms with van der Waals surface area (Å²) in [5.41, 5.74) is 7.60. The second-order valence-electron chi connectivity index (χ2n) is 4.19. The summed E-state index contributed by atoms with van der Waals surface area (Å²) in [6.45, 7) is 2.80. The zero-order valence-electron chi connectivity index (χ0n) is 11.3. The van der Waals surface area contributed by atoms with Crippen LogP contribution in [0.4, 0.5) is 5.69 Å². The molecule has 0 fully saturated rings. The lowest BCUT2D eigenvalue weighted by Gasteiger charge is -2.09. The van der Waals surface area contributed by atoms with E-state index < -0.39 is 0 Å². The molecule has 0 aliphatic carbocycles. The first-order chi connectivity index (χ1) is 9.70.